The molecule has 0 radical (unpaired) electrons. The molecule has 29 heavy (non-hydrogen) atoms. The summed E-state index contributed by atoms with van der Waals surface area (Å²) in [7, 11) is 5.13. The van der Waals surface area contributed by atoms with Gasteiger partial charge in [0.1, 0.15) is 0 Å². The Labute approximate surface area is 175 Å². The number of aryl methyl sites for hydroxylation is 2. The number of hydrogen-bond acceptors (Lipinski definition) is 6. The molecule has 3 aromatic rings. The third kappa shape index (κ3) is 4.79. The van der Waals surface area contributed by atoms with E-state index in [0.717, 1.165) is 28.2 Å². The summed E-state index contributed by atoms with van der Waals surface area (Å²) >= 11 is 1.63. The van der Waals surface area contributed by atoms with E-state index in [9.17, 15) is 4.79 Å². The number of hydrogen-bond donors (Lipinski definition) is 1. The van der Waals surface area contributed by atoms with Gasteiger partial charge in [-0.15, -0.1) is 0 Å². The number of nitrogens with one attached hydrogen (secondary N) is 1. The zero-order chi connectivity index (χ0) is 21.0. The summed E-state index contributed by atoms with van der Waals surface area (Å²) in [6, 6.07) is 9.98. The maximum Gasteiger partial charge on any atom is 0.239 e. The third-order valence-corrected chi connectivity index (χ3v) is 6.13. The number of amides is 1. The number of aromatic nitrogens is 1. The average Bonchev–Trinajstić information content (AvgIpc) is 3.17. The van der Waals surface area contributed by atoms with Crippen molar-refractivity contribution in [2.75, 3.05) is 39.3 Å². The molecule has 1 aromatic heterocycles. The lowest BCUT2D eigenvalue weighted by Crippen LogP contribution is -2.36. The van der Waals surface area contributed by atoms with E-state index in [0.29, 0.717) is 18.0 Å². The molecule has 0 aliphatic rings. The van der Waals surface area contributed by atoms with Crippen LogP contribution in [0.5, 0.6) is 11.5 Å². The number of carbonyl (C=O) groups excluding carboxylic acids is 1. The lowest BCUT2D eigenvalue weighted by Gasteiger charge is -2.15. The molecule has 154 valence electrons. The number of carbonyl (C=O) groups is 1. The van der Waals surface area contributed by atoms with Gasteiger partial charge in [-0.1, -0.05) is 29.5 Å². The Kier molecular flexibility index (Phi) is 6.59. The molecule has 7 heteroatoms. The van der Waals surface area contributed by atoms with Crippen LogP contribution < -0.4 is 19.7 Å². The second-order valence-electron chi connectivity index (χ2n) is 7.02. The summed E-state index contributed by atoms with van der Waals surface area (Å²) in [5.74, 6) is 1.36. The first-order valence-corrected chi connectivity index (χ1v) is 10.3. The molecule has 0 aliphatic carbocycles. The molecule has 0 unspecified atom stereocenters. The number of rotatable bonds is 8. The molecule has 1 N–H and O–H groups in total. The number of fused-ring (bicyclic) bond motifs is 1. The molecule has 0 fully saturated rings. The van der Waals surface area contributed by atoms with Gasteiger partial charge in [-0.3, -0.25) is 4.79 Å². The van der Waals surface area contributed by atoms with Crippen molar-refractivity contribution in [3.8, 4) is 11.5 Å². The number of ether oxygens (including phenoxy) is 2. The summed E-state index contributed by atoms with van der Waals surface area (Å²) in [4.78, 5) is 19.0. The van der Waals surface area contributed by atoms with Gasteiger partial charge >= 0.3 is 0 Å². The Morgan fingerprint density at radius 3 is 2.52 bits per heavy atom. The van der Waals surface area contributed by atoms with Crippen LogP contribution in [-0.2, 0) is 11.2 Å². The molecule has 0 atom stereocenters. The van der Waals surface area contributed by atoms with Gasteiger partial charge in [-0.25, -0.2) is 4.98 Å². The van der Waals surface area contributed by atoms with Crippen LogP contribution in [0.2, 0.25) is 0 Å². The monoisotopic (exact) mass is 413 g/mol. The van der Waals surface area contributed by atoms with Gasteiger partial charge in [0.25, 0.3) is 0 Å². The Morgan fingerprint density at radius 1 is 1.10 bits per heavy atom. The van der Waals surface area contributed by atoms with Gasteiger partial charge < -0.3 is 19.7 Å². The molecule has 0 saturated carbocycles. The maximum atomic E-state index is 12.4. The van der Waals surface area contributed by atoms with E-state index in [-0.39, 0.29) is 12.5 Å². The normalized spacial score (nSPS) is 10.8. The lowest BCUT2D eigenvalue weighted by atomic mass is 10.1. The number of anilines is 1. The Balaban J connectivity index is 1.56. The maximum absolute atomic E-state index is 12.4. The van der Waals surface area contributed by atoms with E-state index in [1.54, 1.807) is 25.6 Å². The van der Waals surface area contributed by atoms with E-state index in [1.807, 2.05) is 30.1 Å². The van der Waals surface area contributed by atoms with Gasteiger partial charge in [0.2, 0.25) is 5.91 Å². The van der Waals surface area contributed by atoms with E-state index >= 15 is 0 Å². The first kappa shape index (κ1) is 20.9. The van der Waals surface area contributed by atoms with Crippen molar-refractivity contribution >= 4 is 32.6 Å². The van der Waals surface area contributed by atoms with Crippen molar-refractivity contribution < 1.29 is 14.3 Å². The Hall–Kier alpha value is -2.80. The van der Waals surface area contributed by atoms with Crippen LogP contribution in [0.15, 0.2) is 30.3 Å². The van der Waals surface area contributed by atoms with Gasteiger partial charge in [0.05, 0.1) is 31.0 Å². The lowest BCUT2D eigenvalue weighted by molar-refractivity contribution is -0.119. The number of likely N-dealkylation sites (N-methyl/N-ethyl adjacent to an activating group) is 1. The highest BCUT2D eigenvalue weighted by Crippen LogP contribution is 2.32. The molecular formula is C22H27N3O3S. The zero-order valence-electron chi connectivity index (χ0n) is 17.5. The van der Waals surface area contributed by atoms with Crippen LogP contribution in [0.4, 0.5) is 5.13 Å². The van der Waals surface area contributed by atoms with E-state index in [4.69, 9.17) is 14.5 Å². The van der Waals surface area contributed by atoms with E-state index in [1.165, 1.54) is 10.3 Å². The average molecular weight is 414 g/mol. The van der Waals surface area contributed by atoms with Gasteiger partial charge in [-0.2, -0.15) is 0 Å². The number of thiazole rings is 1. The van der Waals surface area contributed by atoms with Gasteiger partial charge in [0, 0.05) is 13.6 Å². The molecule has 3 rings (SSSR count). The summed E-state index contributed by atoms with van der Waals surface area (Å²) in [5, 5.41) is 3.83. The minimum absolute atomic E-state index is 0.0272. The van der Waals surface area contributed by atoms with Crippen LogP contribution in [0.1, 0.15) is 16.7 Å². The van der Waals surface area contributed by atoms with Crippen molar-refractivity contribution in [2.24, 2.45) is 0 Å². The fraction of sp³-hybridized carbons (Fsp3) is 0.364. The third-order valence-electron chi connectivity index (χ3n) is 4.82. The molecule has 6 nitrogen and oxygen atoms in total. The van der Waals surface area contributed by atoms with Crippen molar-refractivity contribution in [1.29, 1.82) is 0 Å². The molecule has 0 saturated heterocycles. The smallest absolute Gasteiger partial charge is 0.239 e. The summed E-state index contributed by atoms with van der Waals surface area (Å²) in [6.45, 7) is 4.97. The summed E-state index contributed by atoms with van der Waals surface area (Å²) < 4.78 is 11.8. The quantitative estimate of drug-likeness (QED) is 0.610. The molecule has 1 heterocycles. The van der Waals surface area contributed by atoms with Crippen LogP contribution in [0, 0.1) is 13.8 Å². The highest BCUT2D eigenvalue weighted by molar-refractivity contribution is 7.22. The predicted molar refractivity (Wildman–Crippen MR) is 119 cm³/mol. The summed E-state index contributed by atoms with van der Waals surface area (Å²) in [6.07, 6.45) is 0.718. The highest BCUT2D eigenvalue weighted by Gasteiger charge is 2.14. The minimum atomic E-state index is -0.0272. The van der Waals surface area contributed by atoms with Crippen LogP contribution in [0.3, 0.4) is 0 Å². The fourth-order valence-corrected chi connectivity index (χ4v) is 4.20. The highest BCUT2D eigenvalue weighted by atomic mass is 32.1. The standard InChI is InChI=1S/C22H27N3O3S/c1-14-6-7-15(2)21-20(14)24-22(29-21)25(3)13-19(26)23-11-10-16-8-9-17(27-4)18(12-16)28-5/h6-9,12H,10-11,13H2,1-5H3,(H,23,26). The Morgan fingerprint density at radius 2 is 1.83 bits per heavy atom. The predicted octanol–water partition coefficient (Wildman–Crippen LogP) is 3.73. The largest absolute Gasteiger partial charge is 0.493 e. The Bertz CT molecular complexity index is 977. The van der Waals surface area contributed by atoms with E-state index in [2.05, 4.69) is 31.3 Å². The van der Waals surface area contributed by atoms with Crippen LogP contribution >= 0.6 is 11.3 Å². The molecule has 0 bridgehead atoms. The second kappa shape index (κ2) is 9.13. The van der Waals surface area contributed by atoms with Crippen LogP contribution in [-0.4, -0.2) is 45.2 Å². The first-order valence-electron chi connectivity index (χ1n) is 9.48. The molecular weight excluding hydrogens is 386 g/mol. The first-order chi connectivity index (χ1) is 13.9. The molecule has 1 amide bonds. The second-order valence-corrected chi connectivity index (χ2v) is 8.00. The molecule has 0 spiro atoms. The van der Waals surface area contributed by atoms with Crippen molar-refractivity contribution in [1.82, 2.24) is 10.3 Å². The number of nitrogens with zero attached hydrogens (tertiary/aromatic N) is 2. The molecule has 0 aliphatic heterocycles. The van der Waals surface area contributed by atoms with E-state index < -0.39 is 0 Å². The molecule has 2 aromatic carbocycles. The van der Waals surface area contributed by atoms with Crippen molar-refractivity contribution in [3.05, 3.63) is 47.0 Å². The van der Waals surface area contributed by atoms with Gasteiger partial charge in [-0.05, 0) is 49.1 Å². The summed E-state index contributed by atoms with van der Waals surface area (Å²) in [5.41, 5.74) is 4.46. The fourth-order valence-electron chi connectivity index (χ4n) is 3.13. The van der Waals surface area contributed by atoms with Crippen LogP contribution in [0.25, 0.3) is 10.2 Å². The SMILES string of the molecule is COc1ccc(CCNC(=O)CN(C)c2nc3c(C)ccc(C)c3s2)cc1OC. The minimum Gasteiger partial charge on any atom is -0.493 e. The number of methoxy groups -OCH3 is 2. The zero-order valence-corrected chi connectivity index (χ0v) is 18.4. The topological polar surface area (TPSA) is 63.7 Å². The van der Waals surface area contributed by atoms with Gasteiger partial charge in [0.15, 0.2) is 16.6 Å². The van der Waals surface area contributed by atoms with Crippen molar-refractivity contribution in [2.45, 2.75) is 20.3 Å². The van der Waals surface area contributed by atoms with Crippen molar-refractivity contribution in [3.63, 3.8) is 0 Å². The number of benzene rings is 2.